The van der Waals surface area contributed by atoms with Crippen LogP contribution in [0.1, 0.15) is 112 Å². The van der Waals surface area contributed by atoms with Crippen molar-refractivity contribution in [3.8, 4) is 44.8 Å². The second kappa shape index (κ2) is 15.9. The summed E-state index contributed by atoms with van der Waals surface area (Å²) in [5.74, 6) is -0.278. The molecule has 0 N–H and O–H groups in total. The predicted molar refractivity (Wildman–Crippen MR) is 248 cm³/mol. The standard InChI is InChI=1S/C41H40NO.C15H15FN.Ir/c1-24-21-26(39(3,4)5)17-18-27(24)33-22-35(42-23-25(33)2)32-15-12-14-30-31-20-19-29-28-13-10-11-16-34(28)40(6,7)41(8,9)36(29)38(31)43-37(30)32;1-15(2,3)12-6-9-14(17-10-12)11-4-7-13(16)8-5-11;/h10-14,16-23H,1-9H3;4,6-10H,1-3H3;/q2*-1;/i1D3,2D3,18D;;. The Hall–Kier alpha value is -5.22. The molecular weight excluding hydrogens is 928 g/mol. The molecule has 1 radical (unpaired) electrons. The second-order valence-corrected chi connectivity index (χ2v) is 19.0. The normalized spacial score (nSPS) is 16.2. The number of hydrogen-bond acceptors (Lipinski definition) is 3. The van der Waals surface area contributed by atoms with E-state index in [4.69, 9.17) is 14.0 Å². The molecule has 0 fully saturated rings. The van der Waals surface area contributed by atoms with Gasteiger partial charge in [-0.3, -0.25) is 4.39 Å². The van der Waals surface area contributed by atoms with Crippen LogP contribution in [-0.4, -0.2) is 9.97 Å². The minimum absolute atomic E-state index is 0. The largest absolute Gasteiger partial charge is 0.500 e. The number of halogens is 1. The van der Waals surface area contributed by atoms with E-state index in [0.717, 1.165) is 38.7 Å². The van der Waals surface area contributed by atoms with Crippen LogP contribution in [0.25, 0.3) is 66.7 Å². The molecule has 3 nitrogen and oxygen atoms in total. The summed E-state index contributed by atoms with van der Waals surface area (Å²) in [6.07, 6.45) is 3.14. The van der Waals surface area contributed by atoms with Gasteiger partial charge in [0.2, 0.25) is 0 Å². The maximum absolute atomic E-state index is 12.8. The van der Waals surface area contributed by atoms with E-state index in [2.05, 4.69) is 113 Å². The fourth-order valence-electron chi connectivity index (χ4n) is 8.27. The molecule has 0 bridgehead atoms. The van der Waals surface area contributed by atoms with Gasteiger partial charge in [-0.15, -0.1) is 48.0 Å². The Labute approximate surface area is 385 Å². The van der Waals surface area contributed by atoms with Crippen molar-refractivity contribution in [2.45, 2.75) is 105 Å². The van der Waals surface area contributed by atoms with Crippen LogP contribution in [-0.2, 0) is 41.8 Å². The number of benzene rings is 5. The SMILES string of the molecule is CC(C)(C)c1ccc(-c2[c-]cc(F)cc2)nc1.[2H]c1cc(C(C)(C)C)cc(C([2H])([2H])[2H])c1-c1cc(-c2[c-]ccc3c2oc2c4c(ccc23)-c2ccccc2C(C)(C)C4(C)C)ncc1C([2H])([2H])[2H].[Ir]. The minimum Gasteiger partial charge on any atom is -0.500 e. The molecule has 3 heterocycles. The third kappa shape index (κ3) is 7.81. The van der Waals surface area contributed by atoms with Gasteiger partial charge in [-0.2, -0.15) is 0 Å². The van der Waals surface area contributed by atoms with Gasteiger partial charge in [0, 0.05) is 62.9 Å². The molecular formula is C56H55FIrN2O-2. The van der Waals surface area contributed by atoms with Gasteiger partial charge in [0.15, 0.2) is 0 Å². The van der Waals surface area contributed by atoms with Crippen LogP contribution in [0, 0.1) is 31.7 Å². The Kier molecular flexibility index (Phi) is 9.23. The van der Waals surface area contributed by atoms with Crippen LogP contribution < -0.4 is 0 Å². The summed E-state index contributed by atoms with van der Waals surface area (Å²) in [6, 6.07) is 35.9. The van der Waals surface area contributed by atoms with E-state index in [9.17, 15) is 4.39 Å². The summed E-state index contributed by atoms with van der Waals surface area (Å²) >= 11 is 0. The zero-order valence-electron chi connectivity index (χ0n) is 43.4. The minimum atomic E-state index is -2.62. The van der Waals surface area contributed by atoms with Crippen LogP contribution in [0.15, 0.2) is 120 Å². The molecule has 8 aromatic rings. The molecule has 0 aliphatic heterocycles. The van der Waals surface area contributed by atoms with E-state index in [0.29, 0.717) is 22.4 Å². The van der Waals surface area contributed by atoms with Crippen LogP contribution in [0.5, 0.6) is 0 Å². The Morgan fingerprint density at radius 3 is 2.05 bits per heavy atom. The third-order valence-corrected chi connectivity index (χ3v) is 12.6. The molecule has 1 aliphatic carbocycles. The molecule has 0 spiro atoms. The number of fused-ring (bicyclic) bond motifs is 7. The average Bonchev–Trinajstić information content (AvgIpc) is 3.63. The number of pyridine rings is 2. The van der Waals surface area contributed by atoms with Gasteiger partial charge >= 0.3 is 0 Å². The van der Waals surface area contributed by atoms with E-state index >= 15 is 0 Å². The Morgan fingerprint density at radius 1 is 0.656 bits per heavy atom. The van der Waals surface area contributed by atoms with Crippen molar-refractivity contribution in [2.75, 3.05) is 0 Å². The molecule has 0 atom stereocenters. The number of aromatic nitrogens is 2. The van der Waals surface area contributed by atoms with E-state index in [-0.39, 0.29) is 70.5 Å². The topological polar surface area (TPSA) is 38.9 Å². The Balaban J connectivity index is 0.000000320. The fraction of sp³-hybridized carbons (Fsp3) is 0.286. The fourth-order valence-corrected chi connectivity index (χ4v) is 8.27. The first kappa shape index (κ1) is 35.4. The first-order valence-electron chi connectivity index (χ1n) is 23.9. The molecule has 9 rings (SSSR count). The molecule has 0 saturated heterocycles. The molecule has 61 heavy (non-hydrogen) atoms. The van der Waals surface area contributed by atoms with Crippen molar-refractivity contribution in [2.24, 2.45) is 0 Å². The first-order chi connectivity index (χ1) is 31.1. The van der Waals surface area contributed by atoms with Gasteiger partial charge < -0.3 is 14.4 Å². The summed E-state index contributed by atoms with van der Waals surface area (Å²) in [6.45, 7) is 16.1. The zero-order valence-corrected chi connectivity index (χ0v) is 38.8. The molecule has 5 heteroatoms. The van der Waals surface area contributed by atoms with Crippen LogP contribution in [0.2, 0.25) is 0 Å². The van der Waals surface area contributed by atoms with Crippen molar-refractivity contribution in [1.29, 1.82) is 0 Å². The van der Waals surface area contributed by atoms with Gasteiger partial charge in [0.25, 0.3) is 0 Å². The monoisotopic (exact) mass is 990 g/mol. The number of aryl methyl sites for hydroxylation is 2. The summed E-state index contributed by atoms with van der Waals surface area (Å²) in [5, 5.41) is 1.82. The van der Waals surface area contributed by atoms with Gasteiger partial charge in [0.05, 0.1) is 6.95 Å². The average molecular weight is 990 g/mol. The molecule has 5 aromatic carbocycles. The molecule has 1 aliphatic rings. The van der Waals surface area contributed by atoms with Crippen molar-refractivity contribution >= 4 is 21.9 Å². The predicted octanol–water partition coefficient (Wildman–Crippen LogP) is 15.2. The van der Waals surface area contributed by atoms with Crippen LogP contribution in [0.4, 0.5) is 4.39 Å². The summed E-state index contributed by atoms with van der Waals surface area (Å²) < 4.78 is 79.1. The Morgan fingerprint density at radius 2 is 1.38 bits per heavy atom. The second-order valence-electron chi connectivity index (χ2n) is 19.0. The van der Waals surface area contributed by atoms with Crippen LogP contribution >= 0.6 is 0 Å². The van der Waals surface area contributed by atoms with E-state index in [1.165, 1.54) is 35.0 Å². The maximum Gasteiger partial charge on any atom is 0.125 e. The smallest absolute Gasteiger partial charge is 0.125 e. The summed E-state index contributed by atoms with van der Waals surface area (Å²) in [7, 11) is 0. The molecule has 0 unspecified atom stereocenters. The number of furan rings is 1. The van der Waals surface area contributed by atoms with E-state index in [1.807, 2.05) is 39.1 Å². The molecule has 3 aromatic heterocycles. The van der Waals surface area contributed by atoms with Crippen molar-refractivity contribution in [3.63, 3.8) is 0 Å². The first-order valence-corrected chi connectivity index (χ1v) is 20.4. The van der Waals surface area contributed by atoms with Gasteiger partial charge in [-0.05, 0) is 91.4 Å². The molecule has 313 valence electrons. The van der Waals surface area contributed by atoms with E-state index < -0.39 is 19.1 Å². The van der Waals surface area contributed by atoms with Crippen molar-refractivity contribution < 1.29 is 38.5 Å². The van der Waals surface area contributed by atoms with Crippen LogP contribution in [0.3, 0.4) is 0 Å². The van der Waals surface area contributed by atoms with Gasteiger partial charge in [0.1, 0.15) is 5.58 Å². The molecule has 0 amide bonds. The quantitative estimate of drug-likeness (QED) is 0.166. The van der Waals surface area contributed by atoms with Crippen molar-refractivity contribution in [3.05, 3.63) is 167 Å². The summed E-state index contributed by atoms with van der Waals surface area (Å²) in [5.41, 5.74) is 9.56. The zero-order chi connectivity index (χ0) is 48.8. The van der Waals surface area contributed by atoms with E-state index in [1.54, 1.807) is 30.3 Å². The van der Waals surface area contributed by atoms with Crippen molar-refractivity contribution in [1.82, 2.24) is 9.97 Å². The van der Waals surface area contributed by atoms with Gasteiger partial charge in [-0.25, -0.2) is 0 Å². The maximum atomic E-state index is 12.8. The number of hydrogen-bond donors (Lipinski definition) is 0. The third-order valence-electron chi connectivity index (χ3n) is 12.6. The number of rotatable bonds is 3. The Bertz CT molecular complexity index is 3190. The van der Waals surface area contributed by atoms with Gasteiger partial charge in [-0.1, -0.05) is 153 Å². The molecule has 0 saturated carbocycles. The number of nitrogens with zero attached hydrogens (tertiary/aromatic N) is 2. The summed E-state index contributed by atoms with van der Waals surface area (Å²) in [4.78, 5) is 9.01.